The minimum Gasteiger partial charge on any atom is -0.348 e. The van der Waals surface area contributed by atoms with Crippen molar-refractivity contribution in [2.45, 2.75) is 6.92 Å². The van der Waals surface area contributed by atoms with E-state index in [1.54, 1.807) is 6.92 Å². The fraction of sp³-hybridized carbons (Fsp3) is 0.0714. The zero-order valence-electron chi connectivity index (χ0n) is 9.95. The summed E-state index contributed by atoms with van der Waals surface area (Å²) in [6.07, 6.45) is 1.83. The predicted octanol–water partition coefficient (Wildman–Crippen LogP) is 3.44. The van der Waals surface area contributed by atoms with Gasteiger partial charge in [0, 0.05) is 17.1 Å². The van der Waals surface area contributed by atoms with Crippen LogP contribution in [0.4, 0.5) is 11.6 Å². The van der Waals surface area contributed by atoms with Crippen LogP contribution in [0.5, 0.6) is 0 Å². The van der Waals surface area contributed by atoms with Gasteiger partial charge in [0.25, 0.3) is 0 Å². The van der Waals surface area contributed by atoms with E-state index in [0.29, 0.717) is 5.56 Å². The summed E-state index contributed by atoms with van der Waals surface area (Å²) < 4.78 is 0. The monoisotopic (exact) mass is 239 g/mol. The van der Waals surface area contributed by atoms with E-state index in [0.717, 1.165) is 22.5 Å². The van der Waals surface area contributed by atoms with Crippen LogP contribution in [-0.2, 0) is 0 Å². The Morgan fingerprint density at radius 1 is 1.17 bits per heavy atom. The third-order valence-corrected chi connectivity index (χ3v) is 2.92. The Morgan fingerprint density at radius 3 is 2.72 bits per heavy atom. The Balaban J connectivity index is 2.16. The Labute approximate surface area is 104 Å². The highest BCUT2D eigenvalue weighted by Crippen LogP contribution is 2.28. The highest BCUT2D eigenvalue weighted by atomic mass is 16.1. The summed E-state index contributed by atoms with van der Waals surface area (Å²) in [5, 5.41) is 4.13. The standard InChI is InChI=1S/C14H13N3O/c1-9(18)13-10-5-2-3-6-11(10)16-14(13)17-12-7-4-8-15-12/h2-8,15-17H,1H3. The van der Waals surface area contributed by atoms with Crippen LogP contribution in [0.2, 0.25) is 0 Å². The maximum absolute atomic E-state index is 11.8. The van der Waals surface area contributed by atoms with Gasteiger partial charge in [0.2, 0.25) is 0 Å². The number of ketones is 1. The molecule has 3 N–H and O–H groups in total. The van der Waals surface area contributed by atoms with Gasteiger partial charge in [-0.3, -0.25) is 4.79 Å². The quantitative estimate of drug-likeness (QED) is 0.613. The largest absolute Gasteiger partial charge is 0.348 e. The lowest BCUT2D eigenvalue weighted by atomic mass is 10.1. The van der Waals surface area contributed by atoms with Gasteiger partial charge in [0.05, 0.1) is 5.56 Å². The van der Waals surface area contributed by atoms with E-state index in [1.165, 1.54) is 0 Å². The number of anilines is 2. The molecule has 0 bridgehead atoms. The molecule has 4 nitrogen and oxygen atoms in total. The van der Waals surface area contributed by atoms with Crippen molar-refractivity contribution < 1.29 is 4.79 Å². The van der Waals surface area contributed by atoms with Gasteiger partial charge in [0.15, 0.2) is 5.78 Å². The van der Waals surface area contributed by atoms with Crippen molar-refractivity contribution >= 4 is 28.3 Å². The first-order valence-electron chi connectivity index (χ1n) is 5.78. The Morgan fingerprint density at radius 2 is 2.00 bits per heavy atom. The van der Waals surface area contributed by atoms with Gasteiger partial charge in [-0.05, 0) is 25.1 Å². The second-order valence-electron chi connectivity index (χ2n) is 4.19. The van der Waals surface area contributed by atoms with Gasteiger partial charge in [0.1, 0.15) is 11.6 Å². The van der Waals surface area contributed by atoms with Crippen LogP contribution in [0, 0.1) is 0 Å². The molecule has 1 aromatic carbocycles. The van der Waals surface area contributed by atoms with E-state index in [9.17, 15) is 4.79 Å². The molecular formula is C14H13N3O. The number of carbonyl (C=O) groups excluding carboxylic acids is 1. The minimum atomic E-state index is 0.0431. The van der Waals surface area contributed by atoms with E-state index in [-0.39, 0.29) is 5.78 Å². The highest BCUT2D eigenvalue weighted by molar-refractivity contribution is 6.12. The molecule has 0 saturated carbocycles. The second-order valence-corrected chi connectivity index (χ2v) is 4.19. The van der Waals surface area contributed by atoms with Crippen LogP contribution >= 0.6 is 0 Å². The first kappa shape index (κ1) is 10.7. The van der Waals surface area contributed by atoms with E-state index in [1.807, 2.05) is 42.6 Å². The average molecular weight is 239 g/mol. The van der Waals surface area contributed by atoms with E-state index in [2.05, 4.69) is 15.3 Å². The van der Waals surface area contributed by atoms with Crippen LogP contribution < -0.4 is 5.32 Å². The molecule has 0 aliphatic rings. The summed E-state index contributed by atoms with van der Waals surface area (Å²) in [6, 6.07) is 11.6. The van der Waals surface area contributed by atoms with Gasteiger partial charge in [-0.2, -0.15) is 0 Å². The maximum Gasteiger partial charge on any atom is 0.164 e. The Hall–Kier alpha value is -2.49. The number of benzene rings is 1. The molecule has 0 saturated heterocycles. The van der Waals surface area contributed by atoms with Crippen molar-refractivity contribution in [3.63, 3.8) is 0 Å². The third-order valence-electron chi connectivity index (χ3n) is 2.92. The van der Waals surface area contributed by atoms with Gasteiger partial charge in [-0.1, -0.05) is 18.2 Å². The van der Waals surface area contributed by atoms with Crippen molar-refractivity contribution in [1.82, 2.24) is 9.97 Å². The average Bonchev–Trinajstić information content (AvgIpc) is 2.95. The molecular weight excluding hydrogens is 226 g/mol. The van der Waals surface area contributed by atoms with Gasteiger partial charge >= 0.3 is 0 Å². The number of Topliss-reactive ketones (excluding diaryl/α,β-unsaturated/α-hetero) is 1. The fourth-order valence-electron chi connectivity index (χ4n) is 2.14. The molecule has 0 spiro atoms. The van der Waals surface area contributed by atoms with E-state index < -0.39 is 0 Å². The topological polar surface area (TPSA) is 60.7 Å². The minimum absolute atomic E-state index is 0.0431. The summed E-state index contributed by atoms with van der Waals surface area (Å²) in [7, 11) is 0. The summed E-state index contributed by atoms with van der Waals surface area (Å²) >= 11 is 0. The fourth-order valence-corrected chi connectivity index (χ4v) is 2.14. The van der Waals surface area contributed by atoms with E-state index in [4.69, 9.17) is 0 Å². The molecule has 0 fully saturated rings. The number of H-pyrrole nitrogens is 2. The summed E-state index contributed by atoms with van der Waals surface area (Å²) in [5.74, 6) is 1.62. The first-order valence-corrected chi connectivity index (χ1v) is 5.78. The van der Waals surface area contributed by atoms with Crippen LogP contribution in [0.25, 0.3) is 10.9 Å². The van der Waals surface area contributed by atoms with Crippen molar-refractivity contribution in [3.05, 3.63) is 48.2 Å². The number of nitrogens with one attached hydrogen (secondary N) is 3. The zero-order chi connectivity index (χ0) is 12.5. The second kappa shape index (κ2) is 4.07. The SMILES string of the molecule is CC(=O)c1c(Nc2ccc[nH]2)[nH]c2ccccc12. The zero-order valence-corrected chi connectivity index (χ0v) is 9.95. The molecule has 0 amide bonds. The lowest BCUT2D eigenvalue weighted by Crippen LogP contribution is -1.98. The lowest BCUT2D eigenvalue weighted by Gasteiger charge is -2.03. The van der Waals surface area contributed by atoms with Gasteiger partial charge in [-0.15, -0.1) is 0 Å². The lowest BCUT2D eigenvalue weighted by molar-refractivity contribution is 0.102. The molecule has 2 heterocycles. The number of carbonyl (C=O) groups is 1. The molecule has 3 aromatic rings. The third kappa shape index (κ3) is 1.68. The number of aromatic amines is 2. The molecule has 2 aromatic heterocycles. The van der Waals surface area contributed by atoms with Gasteiger partial charge in [-0.25, -0.2) is 0 Å². The molecule has 90 valence electrons. The number of fused-ring (bicyclic) bond motifs is 1. The normalized spacial score (nSPS) is 10.7. The number of rotatable bonds is 3. The molecule has 0 radical (unpaired) electrons. The number of aromatic nitrogens is 2. The molecule has 18 heavy (non-hydrogen) atoms. The van der Waals surface area contributed by atoms with Crippen LogP contribution in [0.15, 0.2) is 42.6 Å². The van der Waals surface area contributed by atoms with Crippen molar-refractivity contribution in [2.24, 2.45) is 0 Å². The van der Waals surface area contributed by atoms with Crippen molar-refractivity contribution in [2.75, 3.05) is 5.32 Å². The number of hydrogen-bond acceptors (Lipinski definition) is 2. The van der Waals surface area contributed by atoms with Crippen LogP contribution in [0.1, 0.15) is 17.3 Å². The number of hydrogen-bond donors (Lipinski definition) is 3. The summed E-state index contributed by atoms with van der Waals surface area (Å²) in [6.45, 7) is 1.58. The van der Waals surface area contributed by atoms with Crippen LogP contribution in [0.3, 0.4) is 0 Å². The smallest absolute Gasteiger partial charge is 0.164 e. The molecule has 4 heteroatoms. The summed E-state index contributed by atoms with van der Waals surface area (Å²) in [4.78, 5) is 18.1. The molecule has 0 aliphatic heterocycles. The predicted molar refractivity (Wildman–Crippen MR) is 72.4 cm³/mol. The molecule has 3 rings (SSSR count). The number of para-hydroxylation sites is 1. The molecule has 0 atom stereocenters. The van der Waals surface area contributed by atoms with Crippen molar-refractivity contribution in [3.8, 4) is 0 Å². The Bertz CT molecular complexity index is 695. The van der Waals surface area contributed by atoms with E-state index >= 15 is 0 Å². The maximum atomic E-state index is 11.8. The molecule has 0 aliphatic carbocycles. The highest BCUT2D eigenvalue weighted by Gasteiger charge is 2.15. The molecule has 0 unspecified atom stereocenters. The van der Waals surface area contributed by atoms with Crippen molar-refractivity contribution in [1.29, 1.82) is 0 Å². The van der Waals surface area contributed by atoms with Gasteiger partial charge < -0.3 is 15.3 Å². The summed E-state index contributed by atoms with van der Waals surface area (Å²) in [5.41, 5.74) is 1.65. The Kier molecular flexibility index (Phi) is 2.41. The van der Waals surface area contributed by atoms with Crippen LogP contribution in [-0.4, -0.2) is 15.8 Å². The first-order chi connectivity index (χ1) is 8.75.